The van der Waals surface area contributed by atoms with Crippen molar-refractivity contribution in [3.05, 3.63) is 99.3 Å². The number of ether oxygens (including phenoxy) is 1. The number of halogens is 2. The summed E-state index contributed by atoms with van der Waals surface area (Å²) in [5, 5.41) is 13.6. The summed E-state index contributed by atoms with van der Waals surface area (Å²) in [4.78, 5) is 12.6. The second-order valence-electron chi connectivity index (χ2n) is 7.49. The van der Waals surface area contributed by atoms with Gasteiger partial charge in [-0.1, -0.05) is 53.2 Å². The molecule has 9 heteroatoms. The fraction of sp³-hybridized carbons (Fsp3) is 0.160. The van der Waals surface area contributed by atoms with Crippen molar-refractivity contribution in [2.45, 2.75) is 24.4 Å². The summed E-state index contributed by atoms with van der Waals surface area (Å²) in [6.07, 6.45) is 0. The molecule has 1 heterocycles. The van der Waals surface area contributed by atoms with Crippen molar-refractivity contribution in [2.75, 3.05) is 7.11 Å². The van der Waals surface area contributed by atoms with Gasteiger partial charge in [0.05, 0.1) is 19.3 Å². The van der Waals surface area contributed by atoms with Crippen LogP contribution < -0.4 is 10.1 Å². The van der Waals surface area contributed by atoms with Crippen LogP contribution in [0, 0.1) is 6.92 Å². The molecule has 1 amide bonds. The summed E-state index contributed by atoms with van der Waals surface area (Å²) >= 11 is 13.8. The Morgan fingerprint density at radius 1 is 1.03 bits per heavy atom. The zero-order valence-corrected chi connectivity index (χ0v) is 20.9. The number of aromatic nitrogens is 3. The van der Waals surface area contributed by atoms with Crippen LogP contribution in [0.15, 0.2) is 71.9 Å². The molecule has 0 atom stereocenters. The standard InChI is InChI=1S/C25H22Cl2N4O2S/c1-16-6-9-20(27)13-22(16)31-23(14-28-24(32)18-7-10-19(26)11-8-18)29-30-25(31)34-15-17-4-3-5-21(12-17)33-2/h3-13H,14-15H2,1-2H3,(H,28,32). The molecule has 1 N–H and O–H groups in total. The number of amides is 1. The first-order valence-corrected chi connectivity index (χ1v) is 12.2. The maximum atomic E-state index is 12.6. The first-order valence-electron chi connectivity index (χ1n) is 10.4. The molecule has 3 aromatic carbocycles. The van der Waals surface area contributed by atoms with E-state index in [0.717, 1.165) is 22.6 Å². The smallest absolute Gasteiger partial charge is 0.251 e. The van der Waals surface area contributed by atoms with Gasteiger partial charge >= 0.3 is 0 Å². The van der Waals surface area contributed by atoms with Crippen LogP contribution in [0.1, 0.15) is 27.3 Å². The highest BCUT2D eigenvalue weighted by atomic mass is 35.5. The molecule has 1 aromatic heterocycles. The quantitative estimate of drug-likeness (QED) is 0.288. The molecule has 0 bridgehead atoms. The van der Waals surface area contributed by atoms with Gasteiger partial charge in [0, 0.05) is 21.4 Å². The number of carbonyl (C=O) groups is 1. The Morgan fingerprint density at radius 2 is 1.79 bits per heavy atom. The number of hydrogen-bond donors (Lipinski definition) is 1. The van der Waals surface area contributed by atoms with E-state index in [1.807, 2.05) is 54.0 Å². The molecule has 0 aliphatic carbocycles. The van der Waals surface area contributed by atoms with E-state index in [2.05, 4.69) is 15.5 Å². The van der Waals surface area contributed by atoms with Gasteiger partial charge in [-0.25, -0.2) is 0 Å². The van der Waals surface area contributed by atoms with Crippen molar-refractivity contribution in [3.63, 3.8) is 0 Å². The number of thioether (sulfide) groups is 1. The Bertz CT molecular complexity index is 1310. The van der Waals surface area contributed by atoms with Crippen LogP contribution in [0.4, 0.5) is 0 Å². The first-order chi connectivity index (χ1) is 16.4. The number of methoxy groups -OCH3 is 1. The van der Waals surface area contributed by atoms with Gasteiger partial charge in [-0.3, -0.25) is 9.36 Å². The van der Waals surface area contributed by atoms with Gasteiger partial charge in [0.1, 0.15) is 5.75 Å². The van der Waals surface area contributed by atoms with Gasteiger partial charge in [-0.2, -0.15) is 0 Å². The van der Waals surface area contributed by atoms with E-state index in [-0.39, 0.29) is 12.5 Å². The lowest BCUT2D eigenvalue weighted by molar-refractivity contribution is 0.0949. The Balaban J connectivity index is 1.61. The normalized spacial score (nSPS) is 10.8. The second kappa shape index (κ2) is 11.0. The zero-order valence-electron chi connectivity index (χ0n) is 18.6. The van der Waals surface area contributed by atoms with Crippen molar-refractivity contribution in [1.29, 1.82) is 0 Å². The lowest BCUT2D eigenvalue weighted by atomic mass is 10.2. The number of benzene rings is 3. The highest BCUT2D eigenvalue weighted by Gasteiger charge is 2.18. The molecular formula is C25H22Cl2N4O2S. The van der Waals surface area contributed by atoms with E-state index >= 15 is 0 Å². The maximum absolute atomic E-state index is 12.6. The summed E-state index contributed by atoms with van der Waals surface area (Å²) in [5.41, 5.74) is 3.49. The van der Waals surface area contributed by atoms with Crippen LogP contribution in [0.3, 0.4) is 0 Å². The van der Waals surface area contributed by atoms with Crippen LogP contribution in [0.2, 0.25) is 10.0 Å². The van der Waals surface area contributed by atoms with Crippen molar-refractivity contribution < 1.29 is 9.53 Å². The molecule has 0 fully saturated rings. The molecule has 0 aliphatic heterocycles. The third-order valence-electron chi connectivity index (χ3n) is 5.13. The summed E-state index contributed by atoms with van der Waals surface area (Å²) in [6, 6.07) is 20.3. The zero-order chi connectivity index (χ0) is 24.1. The van der Waals surface area contributed by atoms with Gasteiger partial charge in [0.2, 0.25) is 0 Å². The minimum atomic E-state index is -0.223. The van der Waals surface area contributed by atoms with Crippen LogP contribution >= 0.6 is 35.0 Å². The highest BCUT2D eigenvalue weighted by molar-refractivity contribution is 7.98. The number of aryl methyl sites for hydroxylation is 1. The molecule has 4 rings (SSSR count). The van der Waals surface area contributed by atoms with Gasteiger partial charge in [0.25, 0.3) is 5.91 Å². The molecule has 0 saturated carbocycles. The van der Waals surface area contributed by atoms with E-state index in [0.29, 0.717) is 32.3 Å². The van der Waals surface area contributed by atoms with Crippen molar-refractivity contribution in [3.8, 4) is 11.4 Å². The number of carbonyl (C=O) groups excluding carboxylic acids is 1. The largest absolute Gasteiger partial charge is 0.497 e. The number of hydrogen-bond acceptors (Lipinski definition) is 5. The summed E-state index contributed by atoms with van der Waals surface area (Å²) < 4.78 is 7.26. The lowest BCUT2D eigenvalue weighted by Crippen LogP contribution is -2.24. The Morgan fingerprint density at radius 3 is 2.56 bits per heavy atom. The van der Waals surface area contributed by atoms with E-state index in [1.54, 1.807) is 43.1 Å². The maximum Gasteiger partial charge on any atom is 0.251 e. The molecule has 0 aliphatic rings. The molecule has 6 nitrogen and oxygen atoms in total. The third kappa shape index (κ3) is 5.73. The molecule has 0 spiro atoms. The first kappa shape index (κ1) is 24.1. The average molecular weight is 513 g/mol. The van der Waals surface area contributed by atoms with Crippen molar-refractivity contribution in [1.82, 2.24) is 20.1 Å². The van der Waals surface area contributed by atoms with E-state index in [9.17, 15) is 4.79 Å². The number of nitrogens with zero attached hydrogens (tertiary/aromatic N) is 3. The summed E-state index contributed by atoms with van der Waals surface area (Å²) in [7, 11) is 1.65. The van der Waals surface area contributed by atoms with E-state index in [4.69, 9.17) is 27.9 Å². The van der Waals surface area contributed by atoms with Crippen LogP contribution in [0.25, 0.3) is 5.69 Å². The van der Waals surface area contributed by atoms with Crippen LogP contribution in [0.5, 0.6) is 5.75 Å². The minimum absolute atomic E-state index is 0.195. The van der Waals surface area contributed by atoms with Gasteiger partial charge < -0.3 is 10.1 Å². The van der Waals surface area contributed by atoms with Crippen molar-refractivity contribution >= 4 is 40.9 Å². The molecule has 4 aromatic rings. The van der Waals surface area contributed by atoms with Crippen LogP contribution in [-0.4, -0.2) is 27.8 Å². The SMILES string of the molecule is COc1cccc(CSc2nnc(CNC(=O)c3ccc(Cl)cc3)n2-c2cc(Cl)ccc2C)c1. The van der Waals surface area contributed by atoms with Gasteiger partial charge in [-0.05, 0) is 66.6 Å². The molecular weight excluding hydrogens is 491 g/mol. The third-order valence-corrected chi connectivity index (χ3v) is 6.62. The predicted molar refractivity (Wildman–Crippen MR) is 136 cm³/mol. The monoisotopic (exact) mass is 512 g/mol. The Hall–Kier alpha value is -3.00. The van der Waals surface area contributed by atoms with Gasteiger partial charge in [0.15, 0.2) is 11.0 Å². The van der Waals surface area contributed by atoms with E-state index in [1.165, 1.54) is 0 Å². The summed E-state index contributed by atoms with van der Waals surface area (Å²) in [6.45, 7) is 2.19. The Kier molecular flexibility index (Phi) is 7.77. The molecule has 174 valence electrons. The Labute approximate surface area is 212 Å². The van der Waals surface area contributed by atoms with Crippen molar-refractivity contribution in [2.24, 2.45) is 0 Å². The highest BCUT2D eigenvalue weighted by Crippen LogP contribution is 2.29. The van der Waals surface area contributed by atoms with E-state index < -0.39 is 0 Å². The topological polar surface area (TPSA) is 69.0 Å². The lowest BCUT2D eigenvalue weighted by Gasteiger charge is -2.14. The fourth-order valence-electron chi connectivity index (χ4n) is 3.35. The number of nitrogens with one attached hydrogen (secondary N) is 1. The predicted octanol–water partition coefficient (Wildman–Crippen LogP) is 6.11. The molecule has 0 saturated heterocycles. The van der Waals surface area contributed by atoms with Gasteiger partial charge in [-0.15, -0.1) is 10.2 Å². The molecule has 0 radical (unpaired) electrons. The molecule has 0 unspecified atom stereocenters. The van der Waals surface area contributed by atoms with Crippen LogP contribution in [-0.2, 0) is 12.3 Å². The number of rotatable bonds is 8. The minimum Gasteiger partial charge on any atom is -0.497 e. The molecule has 34 heavy (non-hydrogen) atoms. The fourth-order valence-corrected chi connectivity index (χ4v) is 4.55. The second-order valence-corrected chi connectivity index (χ2v) is 9.31. The average Bonchev–Trinajstić information content (AvgIpc) is 3.25. The summed E-state index contributed by atoms with van der Waals surface area (Å²) in [5.74, 6) is 1.85.